The lowest BCUT2D eigenvalue weighted by molar-refractivity contribution is -0.384. The Balaban J connectivity index is 1.25. The van der Waals surface area contributed by atoms with Gasteiger partial charge in [-0.15, -0.1) is 0 Å². The maximum atomic E-state index is 12.3. The summed E-state index contributed by atoms with van der Waals surface area (Å²) in [5, 5.41) is 13.8. The minimum Gasteiger partial charge on any atom is -0.323 e. The Morgan fingerprint density at radius 2 is 1.63 bits per heavy atom. The Morgan fingerprint density at radius 3 is 2.23 bits per heavy atom. The van der Waals surface area contributed by atoms with E-state index in [1.54, 1.807) is 18.2 Å². The summed E-state index contributed by atoms with van der Waals surface area (Å²) < 4.78 is 0. The molecule has 4 saturated carbocycles. The van der Waals surface area contributed by atoms with E-state index in [0.717, 1.165) is 23.4 Å². The van der Waals surface area contributed by atoms with Gasteiger partial charge in [-0.25, -0.2) is 0 Å². The zero-order valence-corrected chi connectivity index (χ0v) is 16.9. The first kappa shape index (κ1) is 19.0. The summed E-state index contributed by atoms with van der Waals surface area (Å²) in [5.41, 5.74) is 3.21. The average molecular weight is 402 g/mol. The molecule has 0 aliphatic heterocycles. The molecule has 0 saturated heterocycles. The van der Waals surface area contributed by atoms with E-state index in [-0.39, 0.29) is 11.6 Å². The Morgan fingerprint density at radius 1 is 1.00 bits per heavy atom. The highest BCUT2D eigenvalue weighted by molar-refractivity contribution is 6.01. The molecule has 0 radical (unpaired) electrons. The van der Waals surface area contributed by atoms with Gasteiger partial charge >= 0.3 is 0 Å². The van der Waals surface area contributed by atoms with Crippen molar-refractivity contribution in [2.45, 2.75) is 43.9 Å². The molecular weight excluding hydrogens is 376 g/mol. The molecule has 0 atom stereocenters. The Labute approximate surface area is 176 Å². The summed E-state index contributed by atoms with van der Waals surface area (Å²) in [7, 11) is 0. The van der Waals surface area contributed by atoms with Crippen LogP contribution in [0.3, 0.4) is 0 Å². The van der Waals surface area contributed by atoms with Crippen molar-refractivity contribution in [3.8, 4) is 0 Å². The standard InChI is InChI=1S/C25H26N2O3/c28-24(9-4-17-2-1-3-23(13-17)27(29)30)26-22-7-5-21(6-8-22)25-14-18-10-19(15-25)12-20(11-18)16-25/h1-9,13,18-20H,10-12,14-16H2,(H,26,28). The van der Waals surface area contributed by atoms with Gasteiger partial charge in [0.2, 0.25) is 5.91 Å². The molecule has 5 nitrogen and oxygen atoms in total. The molecule has 154 valence electrons. The molecule has 4 bridgehead atoms. The number of nitrogens with zero attached hydrogens (tertiary/aromatic N) is 1. The third-order valence-corrected chi connectivity index (χ3v) is 7.31. The molecule has 4 fully saturated rings. The van der Waals surface area contributed by atoms with E-state index in [1.807, 2.05) is 12.1 Å². The fourth-order valence-corrected chi connectivity index (χ4v) is 6.47. The monoisotopic (exact) mass is 402 g/mol. The van der Waals surface area contributed by atoms with Gasteiger partial charge in [0.25, 0.3) is 5.69 Å². The summed E-state index contributed by atoms with van der Waals surface area (Å²) in [6, 6.07) is 14.6. The second kappa shape index (κ2) is 7.38. The first-order chi connectivity index (χ1) is 14.5. The minimum absolute atomic E-state index is 0.0119. The fraction of sp³-hybridized carbons (Fsp3) is 0.400. The van der Waals surface area contributed by atoms with E-state index < -0.39 is 4.92 Å². The van der Waals surface area contributed by atoms with Gasteiger partial charge in [0.1, 0.15) is 0 Å². The first-order valence-corrected chi connectivity index (χ1v) is 10.8. The van der Waals surface area contributed by atoms with Gasteiger partial charge in [0, 0.05) is 23.9 Å². The smallest absolute Gasteiger partial charge is 0.270 e. The highest BCUT2D eigenvalue weighted by Gasteiger charge is 2.51. The van der Waals surface area contributed by atoms with Crippen LogP contribution in [0.1, 0.15) is 49.7 Å². The van der Waals surface area contributed by atoms with Crippen molar-refractivity contribution < 1.29 is 9.72 Å². The molecule has 2 aromatic rings. The van der Waals surface area contributed by atoms with E-state index in [9.17, 15) is 14.9 Å². The Hall–Kier alpha value is -2.95. The van der Waals surface area contributed by atoms with Crippen molar-refractivity contribution in [1.29, 1.82) is 0 Å². The number of anilines is 1. The van der Waals surface area contributed by atoms with Crippen LogP contribution in [0.15, 0.2) is 54.6 Å². The Bertz CT molecular complexity index is 974. The second-order valence-corrected chi connectivity index (χ2v) is 9.45. The highest BCUT2D eigenvalue weighted by Crippen LogP contribution is 2.60. The van der Waals surface area contributed by atoms with Crippen molar-refractivity contribution in [3.05, 3.63) is 75.8 Å². The van der Waals surface area contributed by atoms with E-state index in [2.05, 4.69) is 17.4 Å². The molecular formula is C25H26N2O3. The van der Waals surface area contributed by atoms with E-state index in [1.165, 1.54) is 62.3 Å². The summed E-state index contributed by atoms with van der Waals surface area (Å²) in [6.45, 7) is 0. The van der Waals surface area contributed by atoms with Gasteiger partial charge in [0.15, 0.2) is 0 Å². The van der Waals surface area contributed by atoms with Gasteiger partial charge in [-0.05, 0) is 91.0 Å². The number of nitrogens with one attached hydrogen (secondary N) is 1. The molecule has 30 heavy (non-hydrogen) atoms. The summed E-state index contributed by atoms with van der Waals surface area (Å²) >= 11 is 0. The van der Waals surface area contributed by atoms with Crippen molar-refractivity contribution in [3.63, 3.8) is 0 Å². The molecule has 4 aliphatic carbocycles. The van der Waals surface area contributed by atoms with Gasteiger partial charge < -0.3 is 5.32 Å². The molecule has 0 unspecified atom stereocenters. The van der Waals surface area contributed by atoms with Crippen LogP contribution in [0.4, 0.5) is 11.4 Å². The van der Waals surface area contributed by atoms with Crippen LogP contribution in [0.25, 0.3) is 6.08 Å². The van der Waals surface area contributed by atoms with Gasteiger partial charge in [0.05, 0.1) is 4.92 Å². The van der Waals surface area contributed by atoms with Gasteiger partial charge in [-0.3, -0.25) is 14.9 Å². The number of hydrogen-bond acceptors (Lipinski definition) is 3. The van der Waals surface area contributed by atoms with Crippen LogP contribution >= 0.6 is 0 Å². The van der Waals surface area contributed by atoms with Crippen LogP contribution in [-0.2, 0) is 10.2 Å². The van der Waals surface area contributed by atoms with Crippen LogP contribution in [0.5, 0.6) is 0 Å². The van der Waals surface area contributed by atoms with Crippen LogP contribution in [0, 0.1) is 27.9 Å². The Kier molecular flexibility index (Phi) is 4.69. The zero-order valence-electron chi connectivity index (χ0n) is 16.9. The number of nitro benzene ring substituents is 1. The van der Waals surface area contributed by atoms with Crippen LogP contribution < -0.4 is 5.32 Å². The van der Waals surface area contributed by atoms with Gasteiger partial charge in [-0.2, -0.15) is 0 Å². The molecule has 0 spiro atoms. The minimum atomic E-state index is -0.442. The number of benzene rings is 2. The molecule has 4 aliphatic rings. The largest absolute Gasteiger partial charge is 0.323 e. The molecule has 6 rings (SSSR count). The normalized spacial score (nSPS) is 29.3. The van der Waals surface area contributed by atoms with Crippen molar-refractivity contribution in [1.82, 2.24) is 0 Å². The SMILES string of the molecule is O=C(C=Cc1cccc([N+](=O)[O-])c1)Nc1ccc(C23CC4CC(CC(C4)C2)C3)cc1. The summed E-state index contributed by atoms with van der Waals surface area (Å²) in [5.74, 6) is 2.49. The van der Waals surface area contributed by atoms with Crippen molar-refractivity contribution in [2.24, 2.45) is 17.8 Å². The number of amides is 1. The molecule has 1 N–H and O–H groups in total. The lowest BCUT2D eigenvalue weighted by Crippen LogP contribution is -2.48. The average Bonchev–Trinajstić information content (AvgIpc) is 2.72. The topological polar surface area (TPSA) is 72.2 Å². The van der Waals surface area contributed by atoms with Crippen molar-refractivity contribution in [2.75, 3.05) is 5.32 Å². The van der Waals surface area contributed by atoms with E-state index in [0.29, 0.717) is 11.0 Å². The lowest BCUT2D eigenvalue weighted by atomic mass is 9.48. The third kappa shape index (κ3) is 3.64. The third-order valence-electron chi connectivity index (χ3n) is 7.31. The zero-order chi connectivity index (χ0) is 20.7. The lowest BCUT2D eigenvalue weighted by Gasteiger charge is -2.57. The fourth-order valence-electron chi connectivity index (χ4n) is 6.47. The number of hydrogen-bond donors (Lipinski definition) is 1. The van der Waals surface area contributed by atoms with E-state index in [4.69, 9.17) is 0 Å². The van der Waals surface area contributed by atoms with Crippen molar-refractivity contribution >= 4 is 23.4 Å². The first-order valence-electron chi connectivity index (χ1n) is 10.8. The molecule has 1 amide bonds. The van der Waals surface area contributed by atoms with Crippen LogP contribution in [-0.4, -0.2) is 10.8 Å². The van der Waals surface area contributed by atoms with Gasteiger partial charge in [-0.1, -0.05) is 24.3 Å². The number of non-ortho nitro benzene ring substituents is 1. The predicted octanol–water partition coefficient (Wildman–Crippen LogP) is 5.71. The number of nitro groups is 1. The number of carbonyl (C=O) groups is 1. The predicted molar refractivity (Wildman–Crippen MR) is 117 cm³/mol. The number of carbonyl (C=O) groups excluding carboxylic acids is 1. The summed E-state index contributed by atoms with van der Waals surface area (Å²) in [4.78, 5) is 22.7. The maximum Gasteiger partial charge on any atom is 0.270 e. The maximum absolute atomic E-state index is 12.3. The highest BCUT2D eigenvalue weighted by atomic mass is 16.6. The molecule has 2 aromatic carbocycles. The van der Waals surface area contributed by atoms with Crippen LogP contribution in [0.2, 0.25) is 0 Å². The molecule has 5 heteroatoms. The second-order valence-electron chi connectivity index (χ2n) is 9.45. The molecule has 0 heterocycles. The quantitative estimate of drug-likeness (QED) is 0.395. The summed E-state index contributed by atoms with van der Waals surface area (Å²) in [6.07, 6.45) is 11.3. The number of rotatable bonds is 5. The van der Waals surface area contributed by atoms with E-state index >= 15 is 0 Å². The molecule has 0 aromatic heterocycles.